The summed E-state index contributed by atoms with van der Waals surface area (Å²) in [5.74, 6) is 6.07. The molecule has 13 heteroatoms. The van der Waals surface area contributed by atoms with Gasteiger partial charge < -0.3 is 33.5 Å². The fourth-order valence-corrected chi connectivity index (χ4v) is 15.8. The molecular weight excluding hydrogens is 1320 g/mol. The first kappa shape index (κ1) is 63.1. The molecule has 0 radical (unpaired) electrons. The Kier molecular flexibility index (Phi) is 14.9. The lowest BCUT2D eigenvalue weighted by Gasteiger charge is -2.33. The van der Waals surface area contributed by atoms with Crippen molar-refractivity contribution >= 4 is 73.0 Å². The zero-order valence-electron chi connectivity index (χ0n) is 58.4. The number of aryl methyl sites for hydroxylation is 3. The molecule has 0 N–H and O–H groups in total. The normalized spacial score (nSPS) is 12.3. The first-order valence-electron chi connectivity index (χ1n) is 35.3. The van der Waals surface area contributed by atoms with Crippen molar-refractivity contribution in [1.29, 1.82) is 15.8 Å². The first-order valence-corrected chi connectivity index (χ1v) is 35.3. The largest absolute Gasteiger partial charge is 0.453 e. The highest BCUT2D eigenvalue weighted by Crippen LogP contribution is 2.55. The highest BCUT2D eigenvalue weighted by Gasteiger charge is 2.31. The van der Waals surface area contributed by atoms with Gasteiger partial charge in [0.25, 0.3) is 0 Å². The van der Waals surface area contributed by atoms with Crippen LogP contribution < -0.4 is 28.9 Å². The fourth-order valence-electron chi connectivity index (χ4n) is 15.8. The van der Waals surface area contributed by atoms with Crippen molar-refractivity contribution in [3.63, 3.8) is 0 Å². The molecule has 0 amide bonds. The van der Waals surface area contributed by atoms with Crippen LogP contribution in [0.3, 0.4) is 0 Å². The smallest absolute Gasteiger partial charge is 0.164 e. The van der Waals surface area contributed by atoms with Crippen LogP contribution >= 0.6 is 0 Å². The second kappa shape index (κ2) is 25.3. The Morgan fingerprint density at radius 2 is 0.654 bits per heavy atom. The van der Waals surface area contributed by atoms with Gasteiger partial charge in [0, 0.05) is 44.5 Å². The third-order valence-corrected chi connectivity index (χ3v) is 20.7. The summed E-state index contributed by atoms with van der Waals surface area (Å²) < 4.78 is 21.7. The van der Waals surface area contributed by atoms with Gasteiger partial charge in [0.2, 0.25) is 0 Å². The van der Waals surface area contributed by atoms with E-state index in [1.54, 1.807) is 12.1 Å². The number of hydrogen-bond acceptors (Lipinski definition) is 12. The highest BCUT2D eigenvalue weighted by atomic mass is 16.5. The number of para-hydroxylation sites is 10. The average molecular weight is 1380 g/mol. The number of nitrogens with zero attached hydrogens (tertiary/aromatic N) is 10. The SMILES string of the molecule is Cc1cccc(C)c1-c1ccc2c(c1)c1cc(-c3c(C)ccc(-c4ccc5c(c4)Oc4ccccc4N5c4ccc(-c5nc(-c6ccc(N7c8ccccc8Oc8ccccc87)cc6)nc(-c6ccc(N7c8ccccc8Oc8ccccc87)cc6)n5)cc4)c3C)ccc1n2-c1c(C#N)cc(C#N)cc1C#N. The molecular formula is C94H60N10O3. The van der Waals surface area contributed by atoms with E-state index < -0.39 is 0 Å². The van der Waals surface area contributed by atoms with Gasteiger partial charge in [-0.1, -0.05) is 109 Å². The molecule has 0 spiro atoms. The topological polar surface area (TPSA) is 152 Å². The van der Waals surface area contributed by atoms with Crippen molar-refractivity contribution in [1.82, 2.24) is 19.5 Å². The minimum Gasteiger partial charge on any atom is -0.453 e. The number of anilines is 9. The van der Waals surface area contributed by atoms with E-state index >= 15 is 0 Å². The summed E-state index contributed by atoms with van der Waals surface area (Å²) in [6, 6.07) is 106. The molecule has 0 bridgehead atoms. The molecule has 0 fully saturated rings. The molecule has 5 heterocycles. The summed E-state index contributed by atoms with van der Waals surface area (Å²) in [4.78, 5) is 22.5. The molecule has 107 heavy (non-hydrogen) atoms. The Bertz CT molecular complexity index is 6230. The number of fused-ring (bicyclic) bond motifs is 9. The minimum atomic E-state index is 0.242. The Morgan fingerprint density at radius 3 is 1.06 bits per heavy atom. The Labute approximate surface area is 617 Å². The number of hydrogen-bond donors (Lipinski definition) is 0. The van der Waals surface area contributed by atoms with E-state index in [9.17, 15) is 15.8 Å². The van der Waals surface area contributed by atoms with Gasteiger partial charge in [-0.15, -0.1) is 0 Å². The second-order valence-electron chi connectivity index (χ2n) is 27.0. The van der Waals surface area contributed by atoms with Crippen LogP contribution in [-0.2, 0) is 0 Å². The van der Waals surface area contributed by atoms with E-state index in [1.165, 1.54) is 0 Å². The predicted molar refractivity (Wildman–Crippen MR) is 424 cm³/mol. The van der Waals surface area contributed by atoms with Gasteiger partial charge in [0.05, 0.1) is 73.6 Å². The van der Waals surface area contributed by atoms with E-state index in [2.05, 4.69) is 249 Å². The third-order valence-electron chi connectivity index (χ3n) is 20.7. The van der Waals surface area contributed by atoms with E-state index in [0.29, 0.717) is 34.7 Å². The highest BCUT2D eigenvalue weighted by molar-refractivity contribution is 6.12. The van der Waals surface area contributed by atoms with Gasteiger partial charge >= 0.3 is 0 Å². The lowest BCUT2D eigenvalue weighted by molar-refractivity contribution is 0.477. The van der Waals surface area contributed by atoms with Crippen molar-refractivity contribution in [2.24, 2.45) is 0 Å². The maximum atomic E-state index is 10.6. The van der Waals surface area contributed by atoms with Crippen LogP contribution in [-0.4, -0.2) is 19.5 Å². The van der Waals surface area contributed by atoms with Crippen molar-refractivity contribution in [3.05, 3.63) is 330 Å². The Hall–Kier alpha value is -14.8. The molecule has 19 rings (SSSR count). The van der Waals surface area contributed by atoms with Gasteiger partial charge in [0.1, 0.15) is 12.1 Å². The van der Waals surface area contributed by atoms with Crippen molar-refractivity contribution < 1.29 is 14.2 Å². The molecule has 504 valence electrons. The van der Waals surface area contributed by atoms with Gasteiger partial charge in [-0.05, 0) is 265 Å². The van der Waals surface area contributed by atoms with E-state index in [0.717, 1.165) is 168 Å². The molecule has 0 atom stereocenters. The summed E-state index contributed by atoms with van der Waals surface area (Å²) >= 11 is 0. The summed E-state index contributed by atoms with van der Waals surface area (Å²) in [5, 5.41) is 33.2. The molecule has 13 nitrogen and oxygen atoms in total. The fraction of sp³-hybridized carbons (Fsp3) is 0.0426. The molecule has 14 aromatic carbocycles. The van der Waals surface area contributed by atoms with Crippen molar-refractivity contribution in [3.8, 4) is 126 Å². The molecule has 3 aliphatic heterocycles. The maximum absolute atomic E-state index is 10.6. The number of ether oxygens (including phenoxy) is 3. The Balaban J connectivity index is 0.684. The summed E-state index contributed by atoms with van der Waals surface area (Å²) in [7, 11) is 0. The van der Waals surface area contributed by atoms with Crippen LogP contribution in [0.4, 0.5) is 51.2 Å². The molecule has 0 unspecified atom stereocenters. The predicted octanol–water partition coefficient (Wildman–Crippen LogP) is 24.5. The monoisotopic (exact) mass is 1380 g/mol. The van der Waals surface area contributed by atoms with Crippen LogP contribution in [0.1, 0.15) is 38.9 Å². The number of aromatic nitrogens is 4. The molecule has 3 aliphatic rings. The minimum absolute atomic E-state index is 0.242. The van der Waals surface area contributed by atoms with Crippen LogP contribution in [0.5, 0.6) is 34.5 Å². The second-order valence-corrected chi connectivity index (χ2v) is 27.0. The summed E-state index contributed by atoms with van der Waals surface area (Å²) in [5.41, 5.74) is 24.5. The average Bonchev–Trinajstić information content (AvgIpc) is 1.52. The zero-order valence-corrected chi connectivity index (χ0v) is 58.4. The molecule has 0 saturated carbocycles. The standard InChI is InChI=1S/C94H60N10O3/c1-56-16-15-17-57(2)89(56)65-36-45-75-73(50-65)74-51-66(37-46-76(74)104(75)91-67(54-96)48-60(53-95)49-68(91)55-97)90-58(3)28-44-72(59(90)4)64-35-47-82-88(52-64)107-87-27-14-9-22-81(87)103(82)71-42-33-63(34-43-71)94-99-92(61-29-38-69(39-30-61)101-77-18-5-10-23-83(77)105-84-24-11-6-19-78(84)101)98-93(100-94)62-31-40-70(41-32-62)102-79-20-7-12-25-85(79)106-86-26-13-8-21-80(86)102/h5-52H,1-4H3. The third kappa shape index (κ3) is 10.5. The van der Waals surface area contributed by atoms with E-state index in [-0.39, 0.29) is 16.7 Å². The lowest BCUT2D eigenvalue weighted by Crippen LogP contribution is -2.15. The van der Waals surface area contributed by atoms with Gasteiger partial charge in [-0.3, -0.25) is 0 Å². The first-order chi connectivity index (χ1) is 52.5. The quantitative estimate of drug-likeness (QED) is 0.128. The zero-order chi connectivity index (χ0) is 72.1. The molecule has 16 aromatic rings. The summed E-state index contributed by atoms with van der Waals surface area (Å²) in [6.07, 6.45) is 0. The van der Waals surface area contributed by atoms with Crippen molar-refractivity contribution in [2.75, 3.05) is 14.7 Å². The maximum Gasteiger partial charge on any atom is 0.164 e. The van der Waals surface area contributed by atoms with Gasteiger partial charge in [0.15, 0.2) is 52.0 Å². The van der Waals surface area contributed by atoms with E-state index in [4.69, 9.17) is 29.2 Å². The number of benzene rings is 14. The van der Waals surface area contributed by atoms with Crippen LogP contribution in [0.15, 0.2) is 291 Å². The Morgan fingerprint density at radius 1 is 0.299 bits per heavy atom. The van der Waals surface area contributed by atoms with Crippen LogP contribution in [0.25, 0.3) is 95.0 Å². The van der Waals surface area contributed by atoms with E-state index in [1.807, 2.05) is 95.6 Å². The number of rotatable bonds is 10. The van der Waals surface area contributed by atoms with Gasteiger partial charge in [-0.2, -0.15) is 15.8 Å². The molecule has 2 aromatic heterocycles. The molecule has 0 aliphatic carbocycles. The van der Waals surface area contributed by atoms with Crippen molar-refractivity contribution in [2.45, 2.75) is 27.7 Å². The van der Waals surface area contributed by atoms with Crippen LogP contribution in [0, 0.1) is 61.7 Å². The summed E-state index contributed by atoms with van der Waals surface area (Å²) in [6.45, 7) is 8.60. The van der Waals surface area contributed by atoms with Crippen LogP contribution in [0.2, 0.25) is 0 Å². The number of nitriles is 3. The lowest BCUT2D eigenvalue weighted by atomic mass is 9.88. The van der Waals surface area contributed by atoms with Gasteiger partial charge in [-0.25, -0.2) is 15.0 Å². The molecule has 0 saturated heterocycles.